The molecule has 1 aliphatic heterocycles. The Morgan fingerprint density at radius 2 is 2.13 bits per heavy atom. The zero-order valence-corrected chi connectivity index (χ0v) is 11.8. The number of aromatic nitrogens is 1. The van der Waals surface area contributed by atoms with Gasteiger partial charge in [-0.2, -0.15) is 5.10 Å². The first-order valence-corrected chi connectivity index (χ1v) is 6.77. The molecule has 0 saturated carbocycles. The molecule has 118 valence electrons. The SMILES string of the molecule is NC(=O)N/N=C1/CCNC(=O)c2[nH]c3ccc(C(=O)O)cc3c21. The van der Waals surface area contributed by atoms with Crippen molar-refractivity contribution in [3.8, 4) is 0 Å². The van der Waals surface area contributed by atoms with Crippen LogP contribution < -0.4 is 16.5 Å². The first-order valence-electron chi connectivity index (χ1n) is 6.77. The lowest BCUT2D eigenvalue weighted by atomic mass is 10.0. The normalized spacial score (nSPS) is 15.8. The van der Waals surface area contributed by atoms with Gasteiger partial charge in [0.1, 0.15) is 5.69 Å². The number of hydrogen-bond acceptors (Lipinski definition) is 4. The van der Waals surface area contributed by atoms with Crippen molar-refractivity contribution in [3.05, 3.63) is 35.0 Å². The number of nitrogens with two attached hydrogens (primary N) is 1. The molecule has 2 heterocycles. The summed E-state index contributed by atoms with van der Waals surface area (Å²) in [6.07, 6.45) is 0.364. The number of carbonyl (C=O) groups is 3. The predicted molar refractivity (Wildman–Crippen MR) is 81.5 cm³/mol. The van der Waals surface area contributed by atoms with Gasteiger partial charge in [-0.25, -0.2) is 15.0 Å². The molecule has 2 aromatic rings. The monoisotopic (exact) mass is 315 g/mol. The van der Waals surface area contributed by atoms with Crippen molar-refractivity contribution in [2.75, 3.05) is 6.54 Å². The minimum atomic E-state index is -1.08. The summed E-state index contributed by atoms with van der Waals surface area (Å²) in [6, 6.07) is 3.66. The van der Waals surface area contributed by atoms with Crippen LogP contribution in [0.4, 0.5) is 4.79 Å². The fourth-order valence-electron chi connectivity index (χ4n) is 2.54. The smallest absolute Gasteiger partial charge is 0.335 e. The van der Waals surface area contributed by atoms with Gasteiger partial charge in [0.15, 0.2) is 0 Å². The number of amides is 3. The van der Waals surface area contributed by atoms with E-state index in [1.165, 1.54) is 12.1 Å². The van der Waals surface area contributed by atoms with E-state index in [0.717, 1.165) is 0 Å². The standard InChI is InChI=1S/C14H13N5O4/c15-14(23)19-18-9-3-4-16-12(20)11-10(9)7-5-6(13(21)22)1-2-8(7)17-11/h1-2,5,17H,3-4H2,(H,16,20)(H,21,22)(H3,15,19,23)/b18-9-. The highest BCUT2D eigenvalue weighted by Gasteiger charge is 2.25. The molecule has 0 radical (unpaired) electrons. The van der Waals surface area contributed by atoms with E-state index in [0.29, 0.717) is 35.1 Å². The molecular weight excluding hydrogens is 302 g/mol. The third-order valence-corrected chi connectivity index (χ3v) is 3.51. The molecule has 0 atom stereocenters. The van der Waals surface area contributed by atoms with Crippen molar-refractivity contribution in [3.63, 3.8) is 0 Å². The van der Waals surface area contributed by atoms with Gasteiger partial charge in [-0.05, 0) is 18.2 Å². The van der Waals surface area contributed by atoms with E-state index in [1.54, 1.807) is 6.07 Å². The number of carbonyl (C=O) groups excluding carboxylic acids is 2. The quantitative estimate of drug-likeness (QED) is 0.509. The number of H-pyrrole nitrogens is 1. The fraction of sp³-hybridized carbons (Fsp3) is 0.143. The Morgan fingerprint density at radius 1 is 1.35 bits per heavy atom. The first-order chi connectivity index (χ1) is 11.0. The molecule has 3 rings (SSSR count). The minimum absolute atomic E-state index is 0.0890. The molecule has 0 bridgehead atoms. The second kappa shape index (κ2) is 5.44. The van der Waals surface area contributed by atoms with Gasteiger partial charge in [0.2, 0.25) is 0 Å². The van der Waals surface area contributed by atoms with Gasteiger partial charge in [-0.1, -0.05) is 0 Å². The number of hydrazone groups is 1. The summed E-state index contributed by atoms with van der Waals surface area (Å²) in [6.45, 7) is 0.334. The van der Waals surface area contributed by atoms with Crippen LogP contribution in [0.25, 0.3) is 10.9 Å². The predicted octanol–water partition coefficient (Wildman–Crippen LogP) is 0.372. The van der Waals surface area contributed by atoms with E-state index in [-0.39, 0.29) is 17.2 Å². The molecular formula is C14H13N5O4. The van der Waals surface area contributed by atoms with Crippen LogP contribution >= 0.6 is 0 Å². The molecule has 0 spiro atoms. The largest absolute Gasteiger partial charge is 0.478 e. The number of carboxylic acids is 1. The van der Waals surface area contributed by atoms with Crippen molar-refractivity contribution < 1.29 is 19.5 Å². The second-order valence-electron chi connectivity index (χ2n) is 4.98. The zero-order valence-electron chi connectivity index (χ0n) is 11.8. The van der Waals surface area contributed by atoms with Crippen LogP contribution in [0.15, 0.2) is 23.3 Å². The van der Waals surface area contributed by atoms with Crippen molar-refractivity contribution >= 4 is 34.5 Å². The third-order valence-electron chi connectivity index (χ3n) is 3.51. The van der Waals surface area contributed by atoms with Crippen LogP contribution in [0, 0.1) is 0 Å². The van der Waals surface area contributed by atoms with Gasteiger partial charge in [0, 0.05) is 29.4 Å². The third kappa shape index (κ3) is 2.59. The molecule has 0 fully saturated rings. The maximum Gasteiger partial charge on any atom is 0.335 e. The van der Waals surface area contributed by atoms with Crippen LogP contribution in [0.5, 0.6) is 0 Å². The van der Waals surface area contributed by atoms with Gasteiger partial charge in [-0.3, -0.25) is 4.79 Å². The summed E-state index contributed by atoms with van der Waals surface area (Å²) in [5.74, 6) is -1.40. The molecule has 1 aliphatic rings. The Bertz CT molecular complexity index is 867. The summed E-state index contributed by atoms with van der Waals surface area (Å²) in [5.41, 5.74) is 9.03. The first kappa shape index (κ1) is 14.6. The van der Waals surface area contributed by atoms with Gasteiger partial charge in [-0.15, -0.1) is 0 Å². The number of primary amides is 1. The summed E-state index contributed by atoms with van der Waals surface area (Å²) >= 11 is 0. The molecule has 9 nitrogen and oxygen atoms in total. The molecule has 6 N–H and O–H groups in total. The van der Waals surface area contributed by atoms with Crippen LogP contribution in [0.1, 0.15) is 32.8 Å². The highest BCUT2D eigenvalue weighted by molar-refractivity contribution is 6.19. The summed E-state index contributed by atoms with van der Waals surface area (Å²) in [4.78, 5) is 37.2. The summed E-state index contributed by atoms with van der Waals surface area (Å²) < 4.78 is 0. The average Bonchev–Trinajstić information content (AvgIpc) is 2.81. The molecule has 1 aromatic carbocycles. The molecule has 0 aliphatic carbocycles. The molecule has 3 amide bonds. The summed E-state index contributed by atoms with van der Waals surface area (Å²) in [7, 11) is 0. The van der Waals surface area contributed by atoms with Crippen molar-refractivity contribution in [1.29, 1.82) is 0 Å². The van der Waals surface area contributed by atoms with E-state index < -0.39 is 12.0 Å². The van der Waals surface area contributed by atoms with Crippen molar-refractivity contribution in [2.45, 2.75) is 6.42 Å². The number of aromatic carboxylic acids is 1. The lowest BCUT2D eigenvalue weighted by Crippen LogP contribution is -2.26. The topological polar surface area (TPSA) is 150 Å². The number of urea groups is 1. The highest BCUT2D eigenvalue weighted by Crippen LogP contribution is 2.27. The van der Waals surface area contributed by atoms with Crippen LogP contribution in [0.2, 0.25) is 0 Å². The number of hydrogen-bond donors (Lipinski definition) is 5. The number of fused-ring (bicyclic) bond motifs is 3. The number of rotatable bonds is 2. The highest BCUT2D eigenvalue weighted by atomic mass is 16.4. The number of benzene rings is 1. The minimum Gasteiger partial charge on any atom is -0.478 e. The Morgan fingerprint density at radius 3 is 2.83 bits per heavy atom. The van der Waals surface area contributed by atoms with E-state index in [4.69, 9.17) is 10.8 Å². The Balaban J connectivity index is 2.25. The lowest BCUT2D eigenvalue weighted by Gasteiger charge is -2.04. The zero-order chi connectivity index (χ0) is 16.6. The van der Waals surface area contributed by atoms with Crippen molar-refractivity contribution in [1.82, 2.24) is 15.7 Å². The Hall–Kier alpha value is -3.36. The molecule has 0 saturated heterocycles. The Labute approximate surface area is 129 Å². The molecule has 9 heteroatoms. The van der Waals surface area contributed by atoms with Crippen molar-refractivity contribution in [2.24, 2.45) is 10.8 Å². The fourth-order valence-corrected chi connectivity index (χ4v) is 2.54. The number of nitrogens with one attached hydrogen (secondary N) is 3. The van der Waals surface area contributed by atoms with E-state index in [2.05, 4.69) is 20.8 Å². The van der Waals surface area contributed by atoms with E-state index in [9.17, 15) is 14.4 Å². The van der Waals surface area contributed by atoms with Crippen LogP contribution in [0.3, 0.4) is 0 Å². The second-order valence-corrected chi connectivity index (χ2v) is 4.98. The average molecular weight is 315 g/mol. The van der Waals surface area contributed by atoms with Crippen LogP contribution in [-0.2, 0) is 0 Å². The molecule has 0 unspecified atom stereocenters. The number of nitrogens with zero attached hydrogens (tertiary/aromatic N) is 1. The number of aromatic amines is 1. The summed E-state index contributed by atoms with van der Waals surface area (Å²) in [5, 5.41) is 16.3. The van der Waals surface area contributed by atoms with Gasteiger partial charge >= 0.3 is 12.0 Å². The lowest BCUT2D eigenvalue weighted by molar-refractivity contribution is 0.0696. The number of carboxylic acid groups (broad SMARTS) is 1. The molecule has 23 heavy (non-hydrogen) atoms. The van der Waals surface area contributed by atoms with Gasteiger partial charge in [0.25, 0.3) is 5.91 Å². The van der Waals surface area contributed by atoms with Crippen LogP contribution in [-0.4, -0.2) is 40.3 Å². The Kier molecular flexibility index (Phi) is 3.45. The van der Waals surface area contributed by atoms with E-state index in [1.807, 2.05) is 0 Å². The van der Waals surface area contributed by atoms with Gasteiger partial charge < -0.3 is 21.1 Å². The van der Waals surface area contributed by atoms with Gasteiger partial charge in [0.05, 0.1) is 11.3 Å². The van der Waals surface area contributed by atoms with E-state index >= 15 is 0 Å². The maximum atomic E-state index is 12.2. The maximum absolute atomic E-state index is 12.2. The molecule has 1 aromatic heterocycles.